The normalized spacial score (nSPS) is 19.8. The van der Waals surface area contributed by atoms with Gasteiger partial charge in [0.05, 0.1) is 10.5 Å². The molecule has 1 heterocycles. The average molecular weight is 292 g/mol. The van der Waals surface area contributed by atoms with Gasteiger partial charge in [0.2, 0.25) is 0 Å². The van der Waals surface area contributed by atoms with Gasteiger partial charge in [0, 0.05) is 23.9 Å². The second-order valence-electron chi connectivity index (χ2n) is 5.40. The molecule has 1 fully saturated rings. The second-order valence-corrected chi connectivity index (χ2v) is 5.40. The number of rotatable bonds is 4. The van der Waals surface area contributed by atoms with Crippen LogP contribution in [-0.2, 0) is 0 Å². The van der Waals surface area contributed by atoms with Gasteiger partial charge in [-0.1, -0.05) is 0 Å². The summed E-state index contributed by atoms with van der Waals surface area (Å²) in [6.07, 6.45) is 2.14. The highest BCUT2D eigenvalue weighted by Crippen LogP contribution is 2.20. The number of carbonyl (C=O) groups excluding carboxylic acids is 1. The molecule has 7 heteroatoms. The van der Waals surface area contributed by atoms with Crippen LogP contribution in [0.25, 0.3) is 0 Å². The van der Waals surface area contributed by atoms with E-state index in [-0.39, 0.29) is 28.9 Å². The van der Waals surface area contributed by atoms with E-state index in [1.165, 1.54) is 18.2 Å². The standard InChI is InChI=1S/C14H20N4O3/c1-9(10-3-2-6-16-8-10)17-14(19)12-7-11(18(20)21)4-5-13(12)15/h4-5,7,9-10,16H,2-3,6,8,15H2,1H3,(H,17,19). The molecule has 1 aromatic carbocycles. The van der Waals surface area contributed by atoms with E-state index < -0.39 is 4.92 Å². The molecule has 0 saturated carbocycles. The first-order valence-electron chi connectivity index (χ1n) is 7.04. The first kappa shape index (κ1) is 15.2. The maximum absolute atomic E-state index is 12.3. The number of piperidine rings is 1. The monoisotopic (exact) mass is 292 g/mol. The van der Waals surface area contributed by atoms with Crippen molar-refractivity contribution in [2.24, 2.45) is 5.92 Å². The van der Waals surface area contributed by atoms with Crippen molar-refractivity contribution in [2.45, 2.75) is 25.8 Å². The summed E-state index contributed by atoms with van der Waals surface area (Å²) in [7, 11) is 0. The van der Waals surface area contributed by atoms with E-state index in [4.69, 9.17) is 5.73 Å². The molecule has 0 aromatic heterocycles. The van der Waals surface area contributed by atoms with Crippen LogP contribution in [0.2, 0.25) is 0 Å². The predicted molar refractivity (Wildman–Crippen MR) is 80.0 cm³/mol. The maximum atomic E-state index is 12.3. The third kappa shape index (κ3) is 3.69. The molecule has 1 amide bonds. The van der Waals surface area contributed by atoms with Crippen molar-refractivity contribution in [3.8, 4) is 0 Å². The number of non-ortho nitro benzene ring substituents is 1. The molecule has 1 aromatic rings. The number of amides is 1. The summed E-state index contributed by atoms with van der Waals surface area (Å²) in [5.74, 6) is -0.00287. The quantitative estimate of drug-likeness (QED) is 0.440. The van der Waals surface area contributed by atoms with Crippen LogP contribution in [0.4, 0.5) is 11.4 Å². The molecule has 2 unspecified atom stereocenters. The average Bonchev–Trinajstić information content (AvgIpc) is 2.48. The zero-order valence-electron chi connectivity index (χ0n) is 12.0. The minimum absolute atomic E-state index is 0.0102. The molecular formula is C14H20N4O3. The van der Waals surface area contributed by atoms with E-state index in [9.17, 15) is 14.9 Å². The van der Waals surface area contributed by atoms with E-state index in [2.05, 4.69) is 10.6 Å². The minimum atomic E-state index is -0.537. The zero-order valence-corrected chi connectivity index (χ0v) is 12.0. The lowest BCUT2D eigenvalue weighted by Gasteiger charge is -2.29. The van der Waals surface area contributed by atoms with Crippen molar-refractivity contribution < 1.29 is 9.72 Å². The Labute approximate surface area is 123 Å². The number of nitro benzene ring substituents is 1. The Hall–Kier alpha value is -2.15. The van der Waals surface area contributed by atoms with Crippen LogP contribution < -0.4 is 16.4 Å². The predicted octanol–water partition coefficient (Wildman–Crippen LogP) is 1.29. The van der Waals surface area contributed by atoms with E-state index in [1.54, 1.807) is 0 Å². The van der Waals surface area contributed by atoms with Crippen molar-refractivity contribution in [1.29, 1.82) is 0 Å². The SMILES string of the molecule is CC(NC(=O)c1cc([N+](=O)[O-])ccc1N)C1CCCNC1. The largest absolute Gasteiger partial charge is 0.398 e. The molecular weight excluding hydrogens is 272 g/mol. The Morgan fingerprint density at radius 2 is 2.33 bits per heavy atom. The summed E-state index contributed by atoms with van der Waals surface area (Å²) in [5, 5.41) is 17.0. The Kier molecular flexibility index (Phi) is 4.74. The lowest BCUT2D eigenvalue weighted by molar-refractivity contribution is -0.384. The van der Waals surface area contributed by atoms with Crippen LogP contribution in [-0.4, -0.2) is 30.0 Å². The number of nitrogens with one attached hydrogen (secondary N) is 2. The van der Waals surface area contributed by atoms with Crippen molar-refractivity contribution in [1.82, 2.24) is 10.6 Å². The molecule has 114 valence electrons. The highest BCUT2D eigenvalue weighted by Gasteiger charge is 2.23. The van der Waals surface area contributed by atoms with Gasteiger partial charge in [0.25, 0.3) is 11.6 Å². The van der Waals surface area contributed by atoms with Crippen molar-refractivity contribution in [3.63, 3.8) is 0 Å². The molecule has 0 aliphatic carbocycles. The Bertz CT molecular complexity index is 541. The van der Waals surface area contributed by atoms with Gasteiger partial charge >= 0.3 is 0 Å². The molecule has 1 aliphatic rings. The van der Waals surface area contributed by atoms with Gasteiger partial charge in [-0.25, -0.2) is 0 Å². The van der Waals surface area contributed by atoms with Crippen molar-refractivity contribution in [2.75, 3.05) is 18.8 Å². The third-order valence-electron chi connectivity index (χ3n) is 3.89. The first-order valence-corrected chi connectivity index (χ1v) is 7.04. The van der Waals surface area contributed by atoms with Crippen LogP contribution in [0, 0.1) is 16.0 Å². The fraction of sp³-hybridized carbons (Fsp3) is 0.500. The van der Waals surface area contributed by atoms with Gasteiger partial charge in [0.1, 0.15) is 0 Å². The molecule has 2 atom stereocenters. The van der Waals surface area contributed by atoms with E-state index in [0.717, 1.165) is 25.9 Å². The van der Waals surface area contributed by atoms with Gasteiger partial charge in [-0.2, -0.15) is 0 Å². The summed E-state index contributed by atoms with van der Waals surface area (Å²) in [4.78, 5) is 22.5. The summed E-state index contributed by atoms with van der Waals surface area (Å²) in [6.45, 7) is 3.82. The van der Waals surface area contributed by atoms with Crippen molar-refractivity contribution in [3.05, 3.63) is 33.9 Å². The Morgan fingerprint density at radius 3 is 2.95 bits per heavy atom. The van der Waals surface area contributed by atoms with E-state index in [0.29, 0.717) is 5.92 Å². The topological polar surface area (TPSA) is 110 Å². The van der Waals surface area contributed by atoms with Crippen LogP contribution in [0.5, 0.6) is 0 Å². The van der Waals surface area contributed by atoms with Gasteiger partial charge in [-0.15, -0.1) is 0 Å². The molecule has 1 aliphatic heterocycles. The van der Waals surface area contributed by atoms with Crippen molar-refractivity contribution >= 4 is 17.3 Å². The first-order chi connectivity index (χ1) is 9.99. The number of anilines is 1. The number of nitrogens with two attached hydrogens (primary N) is 1. The molecule has 0 spiro atoms. The molecule has 0 bridgehead atoms. The van der Waals surface area contributed by atoms with Gasteiger partial charge in [-0.05, 0) is 44.8 Å². The van der Waals surface area contributed by atoms with Crippen LogP contribution in [0.15, 0.2) is 18.2 Å². The highest BCUT2D eigenvalue weighted by molar-refractivity contribution is 5.99. The summed E-state index contributed by atoms with van der Waals surface area (Å²) < 4.78 is 0. The fourth-order valence-electron chi connectivity index (χ4n) is 2.56. The Balaban J connectivity index is 2.08. The van der Waals surface area contributed by atoms with Crippen LogP contribution in [0.3, 0.4) is 0 Å². The molecule has 21 heavy (non-hydrogen) atoms. The Morgan fingerprint density at radius 1 is 1.57 bits per heavy atom. The highest BCUT2D eigenvalue weighted by atomic mass is 16.6. The molecule has 4 N–H and O–H groups in total. The minimum Gasteiger partial charge on any atom is -0.398 e. The molecule has 1 saturated heterocycles. The number of hydrogen-bond acceptors (Lipinski definition) is 5. The van der Waals surface area contributed by atoms with Crippen LogP contribution in [0.1, 0.15) is 30.1 Å². The number of hydrogen-bond donors (Lipinski definition) is 3. The lowest BCUT2D eigenvalue weighted by Crippen LogP contribution is -2.44. The second kappa shape index (κ2) is 6.53. The molecule has 2 rings (SSSR count). The number of carbonyl (C=O) groups is 1. The van der Waals surface area contributed by atoms with E-state index in [1.807, 2.05) is 6.92 Å². The third-order valence-corrected chi connectivity index (χ3v) is 3.89. The van der Waals surface area contributed by atoms with Gasteiger partial charge in [-0.3, -0.25) is 14.9 Å². The number of nitrogen functional groups attached to an aromatic ring is 1. The molecule has 7 nitrogen and oxygen atoms in total. The summed E-state index contributed by atoms with van der Waals surface area (Å²) in [6, 6.07) is 3.89. The number of benzene rings is 1. The number of nitrogens with zero attached hydrogens (tertiary/aromatic N) is 1. The maximum Gasteiger partial charge on any atom is 0.270 e. The van der Waals surface area contributed by atoms with E-state index >= 15 is 0 Å². The molecule has 0 radical (unpaired) electrons. The fourth-order valence-corrected chi connectivity index (χ4v) is 2.56. The summed E-state index contributed by atoms with van der Waals surface area (Å²) >= 11 is 0. The van der Waals surface area contributed by atoms with Gasteiger partial charge < -0.3 is 16.4 Å². The van der Waals surface area contributed by atoms with Crippen LogP contribution >= 0.6 is 0 Å². The zero-order chi connectivity index (χ0) is 15.4. The number of nitro groups is 1. The summed E-state index contributed by atoms with van der Waals surface area (Å²) in [5.41, 5.74) is 6.01. The smallest absolute Gasteiger partial charge is 0.270 e. The van der Waals surface area contributed by atoms with Gasteiger partial charge in [0.15, 0.2) is 0 Å². The lowest BCUT2D eigenvalue weighted by atomic mass is 9.92.